The fourth-order valence-corrected chi connectivity index (χ4v) is 5.27. The second-order valence-corrected chi connectivity index (χ2v) is 10.7. The van der Waals surface area contributed by atoms with Crippen molar-refractivity contribution in [1.29, 1.82) is 0 Å². The molecule has 0 radical (unpaired) electrons. The van der Waals surface area contributed by atoms with Gasteiger partial charge >= 0.3 is 0 Å². The van der Waals surface area contributed by atoms with Crippen LogP contribution in [0.2, 0.25) is 15.1 Å². The van der Waals surface area contributed by atoms with Crippen molar-refractivity contribution in [3.05, 3.63) is 99.4 Å². The molecule has 0 aliphatic carbocycles. The van der Waals surface area contributed by atoms with Crippen LogP contribution < -0.4 is 15.5 Å². The largest absolute Gasteiger partial charge is 0.459 e. The number of hydrogen-bond acceptors (Lipinski definition) is 4. The van der Waals surface area contributed by atoms with Crippen molar-refractivity contribution in [3.63, 3.8) is 0 Å². The summed E-state index contributed by atoms with van der Waals surface area (Å²) in [6.45, 7) is 3.64. The van der Waals surface area contributed by atoms with Crippen LogP contribution in [0.25, 0.3) is 11.3 Å². The predicted molar refractivity (Wildman–Crippen MR) is 157 cm³/mol. The molecule has 2 aromatic heterocycles. The molecule has 3 heterocycles. The van der Waals surface area contributed by atoms with Gasteiger partial charge in [-0.2, -0.15) is 0 Å². The molecule has 1 fully saturated rings. The molecule has 1 aliphatic rings. The Bertz CT molecular complexity index is 1510. The number of amides is 1. The Labute approximate surface area is 240 Å². The average Bonchev–Trinajstić information content (AvgIpc) is 3.52. The number of rotatable bonds is 6. The highest BCUT2D eigenvalue weighted by Gasteiger charge is 2.42. The lowest BCUT2D eigenvalue weighted by Crippen LogP contribution is -2.29. The van der Waals surface area contributed by atoms with Gasteiger partial charge in [0.1, 0.15) is 17.6 Å². The first-order valence-corrected chi connectivity index (χ1v) is 13.4. The van der Waals surface area contributed by atoms with Crippen LogP contribution in [0.3, 0.4) is 0 Å². The summed E-state index contributed by atoms with van der Waals surface area (Å²) in [6.07, 6.45) is 1.74. The van der Waals surface area contributed by atoms with Gasteiger partial charge in [-0.05, 0) is 66.8 Å². The summed E-state index contributed by atoms with van der Waals surface area (Å²) in [6, 6.07) is 19.6. The van der Waals surface area contributed by atoms with E-state index in [1.807, 2.05) is 67.3 Å². The number of aromatic nitrogens is 1. The van der Waals surface area contributed by atoms with Gasteiger partial charge in [-0.25, -0.2) is 0 Å². The number of thiocarbonyl (C=S) groups is 1. The van der Waals surface area contributed by atoms with Crippen LogP contribution >= 0.6 is 47.0 Å². The topological polar surface area (TPSA) is 70.4 Å². The van der Waals surface area contributed by atoms with E-state index in [2.05, 4.69) is 15.6 Å². The normalized spacial score (nSPS) is 17.1. The Morgan fingerprint density at radius 3 is 2.58 bits per heavy atom. The number of nitrogens with zero attached hydrogens (tertiary/aromatic N) is 2. The van der Waals surface area contributed by atoms with Gasteiger partial charge in [-0.15, -0.1) is 0 Å². The molecule has 38 heavy (non-hydrogen) atoms. The molecular weight excluding hydrogens is 563 g/mol. The van der Waals surface area contributed by atoms with Crippen molar-refractivity contribution in [2.45, 2.75) is 25.9 Å². The van der Waals surface area contributed by atoms with Crippen molar-refractivity contribution >= 4 is 69.4 Å². The Morgan fingerprint density at radius 1 is 1.05 bits per heavy atom. The minimum Gasteiger partial charge on any atom is -0.459 e. The van der Waals surface area contributed by atoms with Gasteiger partial charge in [-0.3, -0.25) is 9.78 Å². The molecule has 6 nitrogen and oxygen atoms in total. The molecule has 0 spiro atoms. The fourth-order valence-electron chi connectivity index (χ4n) is 4.30. The smallest absolute Gasteiger partial charge is 0.226 e. The number of benzene rings is 2. The molecule has 2 aromatic carbocycles. The van der Waals surface area contributed by atoms with Crippen LogP contribution in [0.1, 0.15) is 37.4 Å². The first-order valence-electron chi connectivity index (χ1n) is 11.9. The van der Waals surface area contributed by atoms with Crippen LogP contribution in [0.5, 0.6) is 0 Å². The Morgan fingerprint density at radius 2 is 1.87 bits per heavy atom. The SMILES string of the molecule is CC(C)C(=O)Nc1ccc(N2C(=S)N[C@H](c3ccccn3)[C@@H]2c2ccc(-c3cccc(Cl)c3Cl)o2)cc1Cl. The van der Waals surface area contributed by atoms with Gasteiger partial charge in [-0.1, -0.05) is 60.8 Å². The van der Waals surface area contributed by atoms with E-state index < -0.39 is 6.04 Å². The summed E-state index contributed by atoms with van der Waals surface area (Å²) in [4.78, 5) is 18.7. The summed E-state index contributed by atoms with van der Waals surface area (Å²) in [5.74, 6) is 0.932. The second kappa shape index (κ2) is 10.9. The van der Waals surface area contributed by atoms with Crippen LogP contribution in [-0.2, 0) is 4.79 Å². The van der Waals surface area contributed by atoms with E-state index in [9.17, 15) is 4.79 Å². The number of pyridine rings is 1. The summed E-state index contributed by atoms with van der Waals surface area (Å²) in [7, 11) is 0. The minimum absolute atomic E-state index is 0.117. The highest BCUT2D eigenvalue weighted by atomic mass is 35.5. The lowest BCUT2D eigenvalue weighted by atomic mass is 10.0. The van der Waals surface area contributed by atoms with Gasteiger partial charge in [0.2, 0.25) is 5.91 Å². The van der Waals surface area contributed by atoms with Gasteiger partial charge in [0.25, 0.3) is 0 Å². The minimum atomic E-state index is -0.392. The van der Waals surface area contributed by atoms with Crippen molar-refractivity contribution in [1.82, 2.24) is 10.3 Å². The highest BCUT2D eigenvalue weighted by molar-refractivity contribution is 7.80. The van der Waals surface area contributed by atoms with Crippen molar-refractivity contribution in [2.75, 3.05) is 10.2 Å². The lowest BCUT2D eigenvalue weighted by molar-refractivity contribution is -0.118. The summed E-state index contributed by atoms with van der Waals surface area (Å²) in [5, 5.41) is 7.99. The molecule has 0 saturated carbocycles. The zero-order valence-corrected chi connectivity index (χ0v) is 23.5. The monoisotopic (exact) mass is 584 g/mol. The zero-order chi connectivity index (χ0) is 27.0. The van der Waals surface area contributed by atoms with E-state index in [-0.39, 0.29) is 17.9 Å². The molecule has 5 rings (SSSR count). The van der Waals surface area contributed by atoms with Crippen LogP contribution in [-0.4, -0.2) is 16.0 Å². The van der Waals surface area contributed by atoms with Crippen molar-refractivity contribution in [2.24, 2.45) is 5.92 Å². The molecule has 2 N–H and O–H groups in total. The standard InChI is InChI=1S/C28H23Cl3N4O2S/c1-15(2)27(36)33-20-10-9-16(14-19(20)30)35-26(25(34-28(35)38)21-8-3-4-13-32-21)23-12-11-22(37-23)17-6-5-7-18(29)24(17)31/h3-15,25-26H,1-2H3,(H,33,36)(H,34,38)/t25-,26+/m1/s1. The van der Waals surface area contributed by atoms with Crippen molar-refractivity contribution < 1.29 is 9.21 Å². The summed E-state index contributed by atoms with van der Waals surface area (Å²) >= 11 is 25.1. The van der Waals surface area contributed by atoms with Crippen molar-refractivity contribution in [3.8, 4) is 11.3 Å². The van der Waals surface area contributed by atoms with Gasteiger partial charge < -0.3 is 20.0 Å². The van der Waals surface area contributed by atoms with Crippen LogP contribution in [0.15, 0.2) is 77.3 Å². The molecule has 1 aliphatic heterocycles. The number of carbonyl (C=O) groups is 1. The molecular formula is C28H23Cl3N4O2S. The number of anilines is 2. The maximum Gasteiger partial charge on any atom is 0.226 e. The first kappa shape index (κ1) is 26.5. The third kappa shape index (κ3) is 5.12. The second-order valence-electron chi connectivity index (χ2n) is 9.11. The summed E-state index contributed by atoms with van der Waals surface area (Å²) < 4.78 is 6.37. The predicted octanol–water partition coefficient (Wildman–Crippen LogP) is 8.07. The summed E-state index contributed by atoms with van der Waals surface area (Å²) in [5.41, 5.74) is 2.75. The molecule has 10 heteroatoms. The quantitative estimate of drug-likeness (QED) is 0.223. The fraction of sp³-hybridized carbons (Fsp3) is 0.179. The molecule has 0 bridgehead atoms. The molecule has 4 aromatic rings. The maximum absolute atomic E-state index is 12.2. The third-order valence-corrected chi connectivity index (χ3v) is 7.69. The molecule has 194 valence electrons. The Hall–Kier alpha value is -3.10. The molecule has 2 atom stereocenters. The van der Waals surface area contributed by atoms with E-state index in [0.29, 0.717) is 43.0 Å². The zero-order valence-electron chi connectivity index (χ0n) is 20.4. The number of halogens is 3. The Balaban J connectivity index is 1.56. The Kier molecular flexibility index (Phi) is 7.63. The lowest BCUT2D eigenvalue weighted by Gasteiger charge is -2.26. The van der Waals surface area contributed by atoms with E-state index in [0.717, 1.165) is 11.4 Å². The van der Waals surface area contributed by atoms with E-state index in [1.165, 1.54) is 0 Å². The number of nitrogens with one attached hydrogen (secondary N) is 2. The first-order chi connectivity index (χ1) is 18.2. The third-order valence-electron chi connectivity index (χ3n) is 6.25. The van der Waals surface area contributed by atoms with E-state index in [1.54, 1.807) is 24.4 Å². The van der Waals surface area contributed by atoms with Crippen LogP contribution in [0, 0.1) is 5.92 Å². The van der Waals surface area contributed by atoms with E-state index in [4.69, 9.17) is 51.4 Å². The number of hydrogen-bond donors (Lipinski definition) is 2. The molecule has 1 amide bonds. The van der Waals surface area contributed by atoms with Gasteiger partial charge in [0.15, 0.2) is 5.11 Å². The van der Waals surface area contributed by atoms with Crippen LogP contribution in [0.4, 0.5) is 11.4 Å². The van der Waals surface area contributed by atoms with Gasteiger partial charge in [0, 0.05) is 23.4 Å². The average molecular weight is 586 g/mol. The molecule has 0 unspecified atom stereocenters. The highest BCUT2D eigenvalue weighted by Crippen LogP contribution is 2.45. The van der Waals surface area contributed by atoms with E-state index >= 15 is 0 Å². The van der Waals surface area contributed by atoms with Gasteiger partial charge in [0.05, 0.1) is 32.5 Å². The number of carbonyl (C=O) groups excluding carboxylic acids is 1. The molecule has 1 saturated heterocycles. The number of furan rings is 1. The maximum atomic E-state index is 12.2.